The van der Waals surface area contributed by atoms with Crippen LogP contribution in [0.1, 0.15) is 18.4 Å². The third-order valence-corrected chi connectivity index (χ3v) is 4.42. The molecule has 1 saturated carbocycles. The molecule has 3 aromatic rings. The highest BCUT2D eigenvalue weighted by atomic mass is 35.5. The average molecular weight is 352 g/mol. The van der Waals surface area contributed by atoms with Gasteiger partial charge in [0.25, 0.3) is 0 Å². The maximum Gasteiger partial charge on any atom is 0.225 e. The molecule has 0 atom stereocenters. The Bertz CT molecular complexity index is 894. The number of hydrogen-bond acceptors (Lipinski definition) is 5. The number of pyridine rings is 1. The Morgan fingerprint density at radius 3 is 2.64 bits per heavy atom. The van der Waals surface area contributed by atoms with Gasteiger partial charge in [-0.2, -0.15) is 4.98 Å². The van der Waals surface area contributed by atoms with Crippen molar-refractivity contribution in [3.8, 4) is 11.4 Å². The molecule has 2 heterocycles. The van der Waals surface area contributed by atoms with E-state index in [2.05, 4.69) is 25.6 Å². The fourth-order valence-corrected chi connectivity index (χ4v) is 2.62. The Kier molecular flexibility index (Phi) is 4.24. The van der Waals surface area contributed by atoms with Crippen molar-refractivity contribution in [2.45, 2.75) is 25.8 Å². The molecule has 126 valence electrons. The molecular weight excluding hydrogens is 334 g/mol. The van der Waals surface area contributed by atoms with E-state index < -0.39 is 0 Å². The van der Waals surface area contributed by atoms with Gasteiger partial charge in [0.2, 0.25) is 5.95 Å². The van der Waals surface area contributed by atoms with Gasteiger partial charge in [0.15, 0.2) is 0 Å². The molecule has 1 aliphatic rings. The Morgan fingerprint density at radius 2 is 1.92 bits per heavy atom. The zero-order valence-electron chi connectivity index (χ0n) is 13.8. The molecule has 4 rings (SSSR count). The lowest BCUT2D eigenvalue weighted by molar-refractivity contribution is 1.05. The van der Waals surface area contributed by atoms with Crippen molar-refractivity contribution in [2.24, 2.45) is 0 Å². The molecule has 0 radical (unpaired) electrons. The van der Waals surface area contributed by atoms with E-state index in [4.69, 9.17) is 11.6 Å². The molecule has 2 aromatic heterocycles. The van der Waals surface area contributed by atoms with Gasteiger partial charge < -0.3 is 10.6 Å². The number of aromatic nitrogens is 3. The number of nitrogens with one attached hydrogen (secondary N) is 2. The fraction of sp³-hybridized carbons (Fsp3) is 0.211. The summed E-state index contributed by atoms with van der Waals surface area (Å²) in [6.07, 6.45) is 4.09. The van der Waals surface area contributed by atoms with E-state index >= 15 is 0 Å². The summed E-state index contributed by atoms with van der Waals surface area (Å²) in [6, 6.07) is 14.0. The minimum absolute atomic E-state index is 0.476. The lowest BCUT2D eigenvalue weighted by atomic mass is 10.2. The fourth-order valence-electron chi connectivity index (χ4n) is 2.50. The maximum absolute atomic E-state index is 6.11. The second-order valence-electron chi connectivity index (χ2n) is 6.18. The standard InChI is InChI=1S/C19H18ClN5/c1-12-10-14(7-8-15(12)20)22-18-11-17(16-4-2-3-9-21-16)24-19(25-18)23-13-5-6-13/h2-4,7-11,13H,5-6H2,1H3,(H2,22,23,24,25). The number of benzene rings is 1. The second kappa shape index (κ2) is 6.69. The van der Waals surface area contributed by atoms with Crippen LogP contribution in [0.2, 0.25) is 5.02 Å². The minimum Gasteiger partial charge on any atom is -0.351 e. The van der Waals surface area contributed by atoms with Crippen molar-refractivity contribution >= 4 is 29.1 Å². The molecule has 0 unspecified atom stereocenters. The highest BCUT2D eigenvalue weighted by Crippen LogP contribution is 2.27. The maximum atomic E-state index is 6.11. The van der Waals surface area contributed by atoms with Gasteiger partial charge in [-0.3, -0.25) is 4.98 Å². The van der Waals surface area contributed by atoms with Crippen molar-refractivity contribution < 1.29 is 0 Å². The van der Waals surface area contributed by atoms with Crippen molar-refractivity contribution in [3.63, 3.8) is 0 Å². The molecule has 5 nitrogen and oxygen atoms in total. The summed E-state index contributed by atoms with van der Waals surface area (Å²) in [5.74, 6) is 1.35. The summed E-state index contributed by atoms with van der Waals surface area (Å²) in [5.41, 5.74) is 3.55. The van der Waals surface area contributed by atoms with Crippen LogP contribution in [0.3, 0.4) is 0 Å². The monoisotopic (exact) mass is 351 g/mol. The quantitative estimate of drug-likeness (QED) is 0.690. The summed E-state index contributed by atoms with van der Waals surface area (Å²) >= 11 is 6.11. The molecule has 0 aliphatic heterocycles. The Balaban J connectivity index is 1.68. The summed E-state index contributed by atoms with van der Waals surface area (Å²) < 4.78 is 0. The number of anilines is 3. The van der Waals surface area contributed by atoms with Crippen molar-refractivity contribution in [2.75, 3.05) is 10.6 Å². The lowest BCUT2D eigenvalue weighted by Gasteiger charge is -2.11. The van der Waals surface area contributed by atoms with Crippen LogP contribution in [0, 0.1) is 6.92 Å². The van der Waals surface area contributed by atoms with Crippen LogP contribution in [-0.2, 0) is 0 Å². The zero-order valence-corrected chi connectivity index (χ0v) is 14.6. The second-order valence-corrected chi connectivity index (χ2v) is 6.59. The molecule has 1 fully saturated rings. The summed E-state index contributed by atoms with van der Waals surface area (Å²) in [7, 11) is 0. The molecule has 0 spiro atoms. The largest absolute Gasteiger partial charge is 0.351 e. The summed E-state index contributed by atoms with van der Waals surface area (Å²) in [5, 5.41) is 7.45. The van der Waals surface area contributed by atoms with Gasteiger partial charge in [0.1, 0.15) is 5.82 Å². The molecule has 0 amide bonds. The molecule has 6 heteroatoms. The number of nitrogens with zero attached hydrogens (tertiary/aromatic N) is 3. The van der Waals surface area contributed by atoms with Gasteiger partial charge in [-0.1, -0.05) is 17.7 Å². The number of aryl methyl sites for hydroxylation is 1. The van der Waals surface area contributed by atoms with Gasteiger partial charge in [0.05, 0.1) is 11.4 Å². The summed E-state index contributed by atoms with van der Waals surface area (Å²) in [6.45, 7) is 1.98. The third kappa shape index (κ3) is 3.88. The van der Waals surface area contributed by atoms with Crippen LogP contribution in [0.5, 0.6) is 0 Å². The van der Waals surface area contributed by atoms with Crippen LogP contribution < -0.4 is 10.6 Å². The predicted octanol–water partition coefficient (Wildman–Crippen LogP) is 4.82. The molecular formula is C19H18ClN5. The molecule has 1 aliphatic carbocycles. The first-order chi connectivity index (χ1) is 12.2. The van der Waals surface area contributed by atoms with E-state index in [9.17, 15) is 0 Å². The first kappa shape index (κ1) is 15.8. The minimum atomic E-state index is 0.476. The molecule has 1 aromatic carbocycles. The van der Waals surface area contributed by atoms with Crippen LogP contribution in [-0.4, -0.2) is 21.0 Å². The van der Waals surface area contributed by atoms with Crippen molar-refractivity contribution in [1.29, 1.82) is 0 Å². The first-order valence-electron chi connectivity index (χ1n) is 8.27. The third-order valence-electron chi connectivity index (χ3n) is 3.99. The molecule has 0 saturated heterocycles. The Morgan fingerprint density at radius 1 is 1.04 bits per heavy atom. The normalized spacial score (nSPS) is 13.5. The van der Waals surface area contributed by atoms with E-state index in [1.165, 1.54) is 0 Å². The van der Waals surface area contributed by atoms with Crippen LogP contribution in [0.25, 0.3) is 11.4 Å². The average Bonchev–Trinajstić information content (AvgIpc) is 3.43. The number of halogens is 1. The van der Waals surface area contributed by atoms with E-state index in [0.717, 1.165) is 46.3 Å². The van der Waals surface area contributed by atoms with E-state index in [-0.39, 0.29) is 0 Å². The highest BCUT2D eigenvalue weighted by molar-refractivity contribution is 6.31. The van der Waals surface area contributed by atoms with Crippen LogP contribution in [0.15, 0.2) is 48.7 Å². The van der Waals surface area contributed by atoms with Gasteiger partial charge in [-0.25, -0.2) is 4.98 Å². The van der Waals surface area contributed by atoms with Crippen LogP contribution >= 0.6 is 11.6 Å². The zero-order chi connectivity index (χ0) is 17.2. The topological polar surface area (TPSA) is 62.7 Å². The smallest absolute Gasteiger partial charge is 0.225 e. The molecule has 0 bridgehead atoms. The lowest BCUT2D eigenvalue weighted by Crippen LogP contribution is -2.08. The van der Waals surface area contributed by atoms with Gasteiger partial charge in [-0.05, 0) is 55.7 Å². The Labute approximate surface area is 151 Å². The number of rotatable bonds is 5. The highest BCUT2D eigenvalue weighted by Gasteiger charge is 2.22. The Hall–Kier alpha value is -2.66. The van der Waals surface area contributed by atoms with Crippen molar-refractivity contribution in [3.05, 3.63) is 59.2 Å². The predicted molar refractivity (Wildman–Crippen MR) is 101 cm³/mol. The molecule has 25 heavy (non-hydrogen) atoms. The SMILES string of the molecule is Cc1cc(Nc2cc(-c3ccccn3)nc(NC3CC3)n2)ccc1Cl. The van der Waals surface area contributed by atoms with E-state index in [0.29, 0.717) is 12.0 Å². The number of hydrogen-bond donors (Lipinski definition) is 2. The van der Waals surface area contributed by atoms with Gasteiger partial charge in [-0.15, -0.1) is 0 Å². The van der Waals surface area contributed by atoms with E-state index in [1.54, 1.807) is 6.20 Å². The first-order valence-corrected chi connectivity index (χ1v) is 8.65. The van der Waals surface area contributed by atoms with E-state index in [1.807, 2.05) is 49.4 Å². The van der Waals surface area contributed by atoms with Crippen LogP contribution in [0.4, 0.5) is 17.5 Å². The van der Waals surface area contributed by atoms with Crippen molar-refractivity contribution in [1.82, 2.24) is 15.0 Å². The van der Waals surface area contributed by atoms with Gasteiger partial charge in [0, 0.05) is 29.0 Å². The summed E-state index contributed by atoms with van der Waals surface area (Å²) in [4.78, 5) is 13.6. The van der Waals surface area contributed by atoms with Gasteiger partial charge >= 0.3 is 0 Å². The molecule has 2 N–H and O–H groups in total.